The van der Waals surface area contributed by atoms with Crippen molar-refractivity contribution in [2.75, 3.05) is 0 Å². The first-order valence-electron chi connectivity index (χ1n) is 5.56. The molecule has 1 aromatic rings. The standard InChI is InChI=1S/C14H20S/c1-5-14(11(2)3)12(4)8-9-13-7-6-10-15-13/h6-11H,5H2,1-4H3/b9-8+,14-12-. The Kier molecular flexibility index (Phi) is 4.83. The van der Waals surface area contributed by atoms with Gasteiger partial charge in [0.25, 0.3) is 0 Å². The van der Waals surface area contributed by atoms with Crippen LogP contribution in [0.4, 0.5) is 0 Å². The third-order valence-corrected chi connectivity index (χ3v) is 3.46. The molecule has 0 aliphatic heterocycles. The minimum atomic E-state index is 0.656. The van der Waals surface area contributed by atoms with Crippen LogP contribution >= 0.6 is 11.3 Å². The van der Waals surface area contributed by atoms with Crippen LogP contribution in [0.25, 0.3) is 6.08 Å². The van der Waals surface area contributed by atoms with Gasteiger partial charge in [-0.2, -0.15) is 0 Å². The van der Waals surface area contributed by atoms with Crippen molar-refractivity contribution in [1.29, 1.82) is 0 Å². The molecule has 1 rings (SSSR count). The van der Waals surface area contributed by atoms with E-state index in [1.807, 2.05) is 0 Å². The average molecular weight is 220 g/mol. The molecule has 0 aromatic carbocycles. The molecule has 0 radical (unpaired) electrons. The summed E-state index contributed by atoms with van der Waals surface area (Å²) in [4.78, 5) is 1.33. The van der Waals surface area contributed by atoms with Crippen LogP contribution in [-0.4, -0.2) is 0 Å². The second kappa shape index (κ2) is 5.92. The van der Waals surface area contributed by atoms with Crippen LogP contribution in [0.1, 0.15) is 39.0 Å². The summed E-state index contributed by atoms with van der Waals surface area (Å²) in [5, 5.41) is 2.11. The monoisotopic (exact) mass is 220 g/mol. The lowest BCUT2D eigenvalue weighted by molar-refractivity contribution is 0.723. The van der Waals surface area contributed by atoms with Gasteiger partial charge in [-0.1, -0.05) is 44.1 Å². The Balaban J connectivity index is 2.80. The molecule has 82 valence electrons. The molecule has 0 N–H and O–H groups in total. The van der Waals surface area contributed by atoms with E-state index >= 15 is 0 Å². The highest BCUT2D eigenvalue weighted by Gasteiger charge is 2.02. The molecule has 15 heavy (non-hydrogen) atoms. The highest BCUT2D eigenvalue weighted by atomic mass is 32.1. The van der Waals surface area contributed by atoms with Gasteiger partial charge in [0.2, 0.25) is 0 Å². The molecular weight excluding hydrogens is 200 g/mol. The van der Waals surface area contributed by atoms with Crippen molar-refractivity contribution in [3.63, 3.8) is 0 Å². The molecule has 0 amide bonds. The molecule has 0 saturated heterocycles. The summed E-state index contributed by atoms with van der Waals surface area (Å²) >= 11 is 1.78. The van der Waals surface area contributed by atoms with Crippen LogP contribution in [0.15, 0.2) is 34.7 Å². The maximum Gasteiger partial charge on any atom is 0.0270 e. The van der Waals surface area contributed by atoms with Crippen molar-refractivity contribution in [2.45, 2.75) is 34.1 Å². The summed E-state index contributed by atoms with van der Waals surface area (Å²) in [7, 11) is 0. The molecule has 1 aromatic heterocycles. The van der Waals surface area contributed by atoms with E-state index in [-0.39, 0.29) is 0 Å². The third-order valence-electron chi connectivity index (χ3n) is 2.63. The molecule has 1 heterocycles. The largest absolute Gasteiger partial charge is 0.144 e. The van der Waals surface area contributed by atoms with E-state index in [0.717, 1.165) is 6.42 Å². The van der Waals surface area contributed by atoms with Crippen LogP contribution in [-0.2, 0) is 0 Å². The van der Waals surface area contributed by atoms with Gasteiger partial charge >= 0.3 is 0 Å². The van der Waals surface area contributed by atoms with Gasteiger partial charge in [0, 0.05) is 4.88 Å². The fraction of sp³-hybridized carbons (Fsp3) is 0.429. The third kappa shape index (κ3) is 3.67. The molecule has 0 fully saturated rings. The van der Waals surface area contributed by atoms with E-state index in [2.05, 4.69) is 57.4 Å². The van der Waals surface area contributed by atoms with Crippen LogP contribution in [0.3, 0.4) is 0 Å². The molecule has 0 bridgehead atoms. The van der Waals surface area contributed by atoms with E-state index in [1.54, 1.807) is 16.9 Å². The molecule has 0 aliphatic rings. The van der Waals surface area contributed by atoms with Crippen molar-refractivity contribution >= 4 is 17.4 Å². The van der Waals surface area contributed by atoms with E-state index in [4.69, 9.17) is 0 Å². The lowest BCUT2D eigenvalue weighted by atomic mass is 9.95. The topological polar surface area (TPSA) is 0 Å². The Morgan fingerprint density at radius 1 is 1.47 bits per heavy atom. The zero-order valence-corrected chi connectivity index (χ0v) is 10.9. The number of allylic oxidation sites excluding steroid dienone is 3. The van der Waals surface area contributed by atoms with Gasteiger partial charge in [0.05, 0.1) is 0 Å². The molecule has 0 saturated carbocycles. The van der Waals surface area contributed by atoms with E-state index in [0.29, 0.717) is 5.92 Å². The highest BCUT2D eigenvalue weighted by molar-refractivity contribution is 7.10. The van der Waals surface area contributed by atoms with Crippen molar-refractivity contribution in [2.24, 2.45) is 5.92 Å². The molecule has 0 aliphatic carbocycles. The average Bonchev–Trinajstić information content (AvgIpc) is 2.67. The zero-order chi connectivity index (χ0) is 11.3. The Bertz CT molecular complexity index is 339. The van der Waals surface area contributed by atoms with E-state index < -0.39 is 0 Å². The second-order valence-corrected chi connectivity index (χ2v) is 5.04. The maximum atomic E-state index is 2.27. The first kappa shape index (κ1) is 12.3. The van der Waals surface area contributed by atoms with Gasteiger partial charge in [-0.25, -0.2) is 0 Å². The zero-order valence-electron chi connectivity index (χ0n) is 10.1. The minimum Gasteiger partial charge on any atom is -0.144 e. The van der Waals surface area contributed by atoms with Crippen LogP contribution in [0, 0.1) is 5.92 Å². The van der Waals surface area contributed by atoms with Crippen LogP contribution < -0.4 is 0 Å². The van der Waals surface area contributed by atoms with Gasteiger partial charge in [-0.05, 0) is 36.8 Å². The number of thiophene rings is 1. The Morgan fingerprint density at radius 2 is 2.20 bits per heavy atom. The molecular formula is C14H20S. The molecule has 0 atom stereocenters. The number of hydrogen-bond acceptors (Lipinski definition) is 1. The van der Waals surface area contributed by atoms with Crippen molar-refractivity contribution < 1.29 is 0 Å². The lowest BCUT2D eigenvalue weighted by Gasteiger charge is -2.11. The molecule has 1 heteroatoms. The van der Waals surface area contributed by atoms with Crippen molar-refractivity contribution in [1.82, 2.24) is 0 Å². The minimum absolute atomic E-state index is 0.656. The first-order valence-corrected chi connectivity index (χ1v) is 6.44. The molecule has 0 spiro atoms. The molecule has 0 nitrogen and oxygen atoms in total. The second-order valence-electron chi connectivity index (χ2n) is 4.07. The first-order chi connectivity index (χ1) is 7.15. The van der Waals surface area contributed by atoms with Crippen molar-refractivity contribution in [3.05, 3.63) is 39.6 Å². The van der Waals surface area contributed by atoms with Gasteiger partial charge < -0.3 is 0 Å². The van der Waals surface area contributed by atoms with Crippen molar-refractivity contribution in [3.8, 4) is 0 Å². The highest BCUT2D eigenvalue weighted by Crippen LogP contribution is 2.20. The number of hydrogen-bond donors (Lipinski definition) is 0. The summed E-state index contributed by atoms with van der Waals surface area (Å²) in [5.41, 5.74) is 2.98. The number of rotatable bonds is 4. The summed E-state index contributed by atoms with van der Waals surface area (Å²) in [6, 6.07) is 4.24. The van der Waals surface area contributed by atoms with Crippen LogP contribution in [0.5, 0.6) is 0 Å². The fourth-order valence-electron chi connectivity index (χ4n) is 1.84. The molecule has 0 unspecified atom stereocenters. The Morgan fingerprint density at radius 3 is 2.67 bits per heavy atom. The van der Waals surface area contributed by atoms with E-state index in [9.17, 15) is 0 Å². The summed E-state index contributed by atoms with van der Waals surface area (Å²) in [5.74, 6) is 0.656. The Hall–Kier alpha value is -0.820. The lowest BCUT2D eigenvalue weighted by Crippen LogP contribution is -1.95. The van der Waals surface area contributed by atoms with Gasteiger partial charge in [-0.3, -0.25) is 0 Å². The quantitative estimate of drug-likeness (QED) is 0.616. The summed E-state index contributed by atoms with van der Waals surface area (Å²) in [6.07, 6.45) is 5.60. The maximum absolute atomic E-state index is 2.27. The van der Waals surface area contributed by atoms with Crippen LogP contribution in [0.2, 0.25) is 0 Å². The normalized spacial score (nSPS) is 13.7. The van der Waals surface area contributed by atoms with E-state index in [1.165, 1.54) is 10.5 Å². The summed E-state index contributed by atoms with van der Waals surface area (Å²) < 4.78 is 0. The van der Waals surface area contributed by atoms with Gasteiger partial charge in [0.1, 0.15) is 0 Å². The van der Waals surface area contributed by atoms with Gasteiger partial charge in [-0.15, -0.1) is 11.3 Å². The van der Waals surface area contributed by atoms with Gasteiger partial charge in [0.15, 0.2) is 0 Å². The smallest absolute Gasteiger partial charge is 0.0270 e. The Labute approximate surface area is 97.3 Å². The predicted octanol–water partition coefficient (Wildman–Crippen LogP) is 5.14. The predicted molar refractivity (Wildman–Crippen MR) is 71.2 cm³/mol. The SMILES string of the molecule is CC/C(=C(C)/C=C/c1cccs1)C(C)C. The summed E-state index contributed by atoms with van der Waals surface area (Å²) in [6.45, 7) is 8.98. The fourth-order valence-corrected chi connectivity index (χ4v) is 2.46.